The number of amides is 1. The van der Waals surface area contributed by atoms with Crippen molar-refractivity contribution in [3.8, 4) is 0 Å². The predicted octanol–water partition coefficient (Wildman–Crippen LogP) is 1.62. The molecule has 2 aliphatic heterocycles. The molecular weight excluding hydrogens is 350 g/mol. The largest absolute Gasteiger partial charge is 0.341 e. The summed E-state index contributed by atoms with van der Waals surface area (Å²) in [6.45, 7) is 9.40. The van der Waals surface area contributed by atoms with Gasteiger partial charge in [-0.2, -0.15) is 4.31 Å². The van der Waals surface area contributed by atoms with Crippen LogP contribution in [0.15, 0.2) is 23.1 Å². The molecule has 144 valence electrons. The second-order valence-corrected chi connectivity index (χ2v) is 9.32. The minimum Gasteiger partial charge on any atom is -0.341 e. The first-order chi connectivity index (χ1) is 12.3. The van der Waals surface area contributed by atoms with Crippen molar-refractivity contribution in [2.24, 2.45) is 0 Å². The summed E-state index contributed by atoms with van der Waals surface area (Å²) in [4.78, 5) is 17.0. The van der Waals surface area contributed by atoms with Gasteiger partial charge in [0.15, 0.2) is 0 Å². The lowest BCUT2D eigenvalue weighted by molar-refractivity contribution is -0.135. The summed E-state index contributed by atoms with van der Waals surface area (Å²) in [5.74, 6) is 0.174. The first-order valence-electron chi connectivity index (χ1n) is 9.41. The van der Waals surface area contributed by atoms with Crippen LogP contribution >= 0.6 is 0 Å². The van der Waals surface area contributed by atoms with Crippen LogP contribution in [0.1, 0.15) is 30.9 Å². The third kappa shape index (κ3) is 3.80. The highest BCUT2D eigenvalue weighted by molar-refractivity contribution is 7.89. The van der Waals surface area contributed by atoms with Gasteiger partial charge in [0.05, 0.1) is 10.9 Å². The van der Waals surface area contributed by atoms with Crippen LogP contribution in [0, 0.1) is 13.8 Å². The topological polar surface area (TPSA) is 60.9 Å². The Morgan fingerprint density at radius 1 is 1.00 bits per heavy atom. The lowest BCUT2D eigenvalue weighted by Crippen LogP contribution is -2.55. The molecule has 0 unspecified atom stereocenters. The van der Waals surface area contributed by atoms with Crippen molar-refractivity contribution in [1.29, 1.82) is 0 Å². The van der Waals surface area contributed by atoms with Crippen LogP contribution in [-0.2, 0) is 14.8 Å². The number of piperazine rings is 1. The molecule has 0 aromatic heterocycles. The molecule has 0 aliphatic carbocycles. The number of sulfonamides is 1. The highest BCUT2D eigenvalue weighted by Gasteiger charge is 2.34. The summed E-state index contributed by atoms with van der Waals surface area (Å²) >= 11 is 0. The molecule has 1 atom stereocenters. The van der Waals surface area contributed by atoms with E-state index in [0.717, 1.165) is 37.1 Å². The van der Waals surface area contributed by atoms with Gasteiger partial charge >= 0.3 is 0 Å². The second-order valence-electron chi connectivity index (χ2n) is 7.42. The Kier molecular flexibility index (Phi) is 5.69. The fourth-order valence-electron chi connectivity index (χ4n) is 3.81. The minimum absolute atomic E-state index is 0.174. The molecule has 1 aromatic carbocycles. The molecule has 3 rings (SSSR count). The highest BCUT2D eigenvalue weighted by Crippen LogP contribution is 2.23. The molecule has 26 heavy (non-hydrogen) atoms. The van der Waals surface area contributed by atoms with E-state index in [1.807, 2.05) is 37.8 Å². The van der Waals surface area contributed by atoms with Crippen LogP contribution in [0.25, 0.3) is 0 Å². The van der Waals surface area contributed by atoms with Crippen LogP contribution in [0.4, 0.5) is 0 Å². The van der Waals surface area contributed by atoms with Crippen molar-refractivity contribution in [3.63, 3.8) is 0 Å². The molecule has 0 spiro atoms. The van der Waals surface area contributed by atoms with Crippen LogP contribution in [0.3, 0.4) is 0 Å². The zero-order valence-electron chi connectivity index (χ0n) is 15.9. The van der Waals surface area contributed by atoms with E-state index in [1.165, 1.54) is 0 Å². The van der Waals surface area contributed by atoms with E-state index in [0.29, 0.717) is 31.1 Å². The van der Waals surface area contributed by atoms with Crippen LogP contribution in [-0.4, -0.2) is 73.7 Å². The average molecular weight is 380 g/mol. The highest BCUT2D eigenvalue weighted by atomic mass is 32.2. The van der Waals surface area contributed by atoms with Crippen molar-refractivity contribution in [1.82, 2.24) is 14.1 Å². The van der Waals surface area contributed by atoms with Gasteiger partial charge in [-0.3, -0.25) is 9.69 Å². The maximum atomic E-state index is 13.0. The Morgan fingerprint density at radius 2 is 1.62 bits per heavy atom. The van der Waals surface area contributed by atoms with Crippen molar-refractivity contribution >= 4 is 15.9 Å². The Morgan fingerprint density at radius 3 is 2.23 bits per heavy atom. The maximum absolute atomic E-state index is 13.0. The van der Waals surface area contributed by atoms with E-state index in [9.17, 15) is 13.2 Å². The van der Waals surface area contributed by atoms with Gasteiger partial charge in [0.1, 0.15) is 0 Å². The zero-order valence-corrected chi connectivity index (χ0v) is 16.8. The van der Waals surface area contributed by atoms with Crippen LogP contribution in [0.2, 0.25) is 0 Å². The van der Waals surface area contributed by atoms with Crippen molar-refractivity contribution in [2.75, 3.05) is 39.3 Å². The molecule has 0 saturated carbocycles. The Labute approximate surface area is 156 Å². The molecule has 2 fully saturated rings. The van der Waals surface area contributed by atoms with Gasteiger partial charge in [-0.1, -0.05) is 12.1 Å². The molecule has 2 saturated heterocycles. The molecule has 1 aromatic rings. The van der Waals surface area contributed by atoms with Gasteiger partial charge in [-0.15, -0.1) is 0 Å². The summed E-state index contributed by atoms with van der Waals surface area (Å²) in [6.07, 6.45) is 2.17. The number of nitrogens with zero attached hydrogens (tertiary/aromatic N) is 3. The number of rotatable bonds is 4. The number of carbonyl (C=O) groups is 1. The SMILES string of the molecule is Cc1ccc(C)c(S(=O)(=O)N2CCN([C@@H](C)C(=O)N3CCCC3)CC2)c1. The summed E-state index contributed by atoms with van der Waals surface area (Å²) in [7, 11) is -3.49. The molecule has 0 N–H and O–H groups in total. The van der Waals surface area contributed by atoms with Gasteiger partial charge < -0.3 is 4.90 Å². The number of aryl methyl sites for hydroxylation is 2. The standard InChI is InChI=1S/C19H29N3O3S/c1-15-6-7-16(2)18(14-15)26(24,25)22-12-10-20(11-13-22)17(3)19(23)21-8-4-5-9-21/h6-7,14,17H,4-5,8-13H2,1-3H3/t17-/m0/s1. The van der Waals surface area contributed by atoms with Crippen molar-refractivity contribution in [3.05, 3.63) is 29.3 Å². The Hall–Kier alpha value is -1.44. The van der Waals surface area contributed by atoms with Gasteiger partial charge in [-0.25, -0.2) is 8.42 Å². The summed E-state index contributed by atoms with van der Waals surface area (Å²) in [6, 6.07) is 5.35. The van der Waals surface area contributed by atoms with Gasteiger partial charge in [-0.05, 0) is 50.8 Å². The molecule has 1 amide bonds. The first kappa shape index (κ1) is 19.3. The lowest BCUT2D eigenvalue weighted by Gasteiger charge is -2.38. The monoisotopic (exact) mass is 379 g/mol. The number of likely N-dealkylation sites (tertiary alicyclic amines) is 1. The number of carbonyl (C=O) groups excluding carboxylic acids is 1. The quantitative estimate of drug-likeness (QED) is 0.798. The van der Waals surface area contributed by atoms with E-state index in [-0.39, 0.29) is 11.9 Å². The zero-order chi connectivity index (χ0) is 18.9. The van der Waals surface area contributed by atoms with Crippen molar-refractivity contribution < 1.29 is 13.2 Å². The van der Waals surface area contributed by atoms with Gasteiger partial charge in [0.25, 0.3) is 0 Å². The number of hydrogen-bond donors (Lipinski definition) is 0. The van der Waals surface area contributed by atoms with Crippen molar-refractivity contribution in [2.45, 2.75) is 44.6 Å². The molecule has 6 nitrogen and oxygen atoms in total. The van der Waals surface area contributed by atoms with E-state index >= 15 is 0 Å². The van der Waals surface area contributed by atoms with Crippen LogP contribution in [0.5, 0.6) is 0 Å². The van der Waals surface area contributed by atoms with E-state index in [4.69, 9.17) is 0 Å². The fraction of sp³-hybridized carbons (Fsp3) is 0.632. The molecule has 2 heterocycles. The molecule has 0 radical (unpaired) electrons. The number of hydrogen-bond acceptors (Lipinski definition) is 4. The normalized spacial score (nSPS) is 21.1. The third-order valence-corrected chi connectivity index (χ3v) is 7.60. The Bertz CT molecular complexity index is 764. The maximum Gasteiger partial charge on any atom is 0.243 e. The fourth-order valence-corrected chi connectivity index (χ4v) is 5.55. The summed E-state index contributed by atoms with van der Waals surface area (Å²) < 4.78 is 27.6. The smallest absolute Gasteiger partial charge is 0.243 e. The number of benzene rings is 1. The summed E-state index contributed by atoms with van der Waals surface area (Å²) in [5.41, 5.74) is 1.72. The Balaban J connectivity index is 1.66. The van der Waals surface area contributed by atoms with Crippen LogP contribution < -0.4 is 0 Å². The van der Waals surface area contributed by atoms with Gasteiger partial charge in [0, 0.05) is 39.3 Å². The lowest BCUT2D eigenvalue weighted by atomic mass is 10.2. The third-order valence-electron chi connectivity index (χ3n) is 5.56. The minimum atomic E-state index is -3.49. The van der Waals surface area contributed by atoms with E-state index < -0.39 is 10.0 Å². The van der Waals surface area contributed by atoms with E-state index in [1.54, 1.807) is 10.4 Å². The average Bonchev–Trinajstić information content (AvgIpc) is 3.17. The molecule has 0 bridgehead atoms. The predicted molar refractivity (Wildman–Crippen MR) is 102 cm³/mol. The molecular formula is C19H29N3O3S. The summed E-state index contributed by atoms with van der Waals surface area (Å²) in [5, 5.41) is 0. The first-order valence-corrected chi connectivity index (χ1v) is 10.8. The molecule has 2 aliphatic rings. The second kappa shape index (κ2) is 7.66. The van der Waals surface area contributed by atoms with Gasteiger partial charge in [0.2, 0.25) is 15.9 Å². The molecule has 7 heteroatoms. The van der Waals surface area contributed by atoms with E-state index in [2.05, 4.69) is 4.90 Å².